The van der Waals surface area contributed by atoms with Crippen LogP contribution in [0.3, 0.4) is 0 Å². The second kappa shape index (κ2) is 3.32. The minimum atomic E-state index is -0.976. The van der Waals surface area contributed by atoms with Gasteiger partial charge in [0.15, 0.2) is 0 Å². The van der Waals surface area contributed by atoms with Gasteiger partial charge in [-0.1, -0.05) is 0 Å². The molecule has 1 rings (SSSR count). The molecule has 0 fully saturated rings. The van der Waals surface area contributed by atoms with E-state index in [4.69, 9.17) is 5.11 Å². The van der Waals surface area contributed by atoms with E-state index in [0.29, 0.717) is 11.1 Å². The Hall–Kier alpha value is -1.13. The average molecular weight is 219 g/mol. The van der Waals surface area contributed by atoms with Crippen molar-refractivity contribution in [1.29, 1.82) is 0 Å². The molecule has 0 aliphatic rings. The van der Waals surface area contributed by atoms with Gasteiger partial charge in [-0.2, -0.15) is 0 Å². The number of carboxylic acid groups (broad SMARTS) is 1. The van der Waals surface area contributed by atoms with Crippen LogP contribution in [0.2, 0.25) is 0 Å². The van der Waals surface area contributed by atoms with E-state index in [9.17, 15) is 9.59 Å². The third-order valence-electron chi connectivity index (χ3n) is 0.899. The van der Waals surface area contributed by atoms with Gasteiger partial charge in [0, 0.05) is 0 Å². The number of carbonyl (C=O) groups is 2. The van der Waals surface area contributed by atoms with Crippen LogP contribution in [-0.4, -0.2) is 37.0 Å². The standard InChI is InChI=1S/C5H4N2O3Se/c8-2-7-5-6-1-3(11-5)4(9)10/h1-2H,(H,9,10)(H,6,7,8). The maximum absolute atomic E-state index is 10.3. The molecule has 0 saturated carbocycles. The van der Waals surface area contributed by atoms with Crippen LogP contribution in [0.15, 0.2) is 6.20 Å². The number of nitrogens with one attached hydrogen (secondary N) is 1. The van der Waals surface area contributed by atoms with Gasteiger partial charge in [0.1, 0.15) is 0 Å². The van der Waals surface area contributed by atoms with Gasteiger partial charge in [0.2, 0.25) is 0 Å². The minimum absolute atomic E-state index is 0.252. The van der Waals surface area contributed by atoms with Crippen molar-refractivity contribution in [2.24, 2.45) is 0 Å². The van der Waals surface area contributed by atoms with Crippen LogP contribution in [0.1, 0.15) is 9.23 Å². The van der Waals surface area contributed by atoms with E-state index in [-0.39, 0.29) is 18.9 Å². The van der Waals surface area contributed by atoms with Gasteiger partial charge in [0.05, 0.1) is 0 Å². The zero-order valence-corrected chi connectivity index (χ0v) is 6.99. The Morgan fingerprint density at radius 1 is 1.82 bits per heavy atom. The Labute approximate surface area is 67.8 Å². The van der Waals surface area contributed by atoms with E-state index in [0.717, 1.165) is 0 Å². The van der Waals surface area contributed by atoms with Gasteiger partial charge >= 0.3 is 67.2 Å². The van der Waals surface area contributed by atoms with E-state index < -0.39 is 5.97 Å². The number of nitrogens with zero attached hydrogens (tertiary/aromatic N) is 1. The first-order chi connectivity index (χ1) is 5.24. The molecule has 11 heavy (non-hydrogen) atoms. The van der Waals surface area contributed by atoms with E-state index in [1.54, 1.807) is 0 Å². The molecule has 0 aliphatic heterocycles. The Morgan fingerprint density at radius 3 is 3.00 bits per heavy atom. The summed E-state index contributed by atoms with van der Waals surface area (Å²) in [5.41, 5.74) is 0. The van der Waals surface area contributed by atoms with Crippen molar-refractivity contribution in [3.05, 3.63) is 10.6 Å². The summed E-state index contributed by atoms with van der Waals surface area (Å²) in [4.78, 5) is 23.9. The number of aromatic carboxylic acids is 1. The third kappa shape index (κ3) is 1.89. The first kappa shape index (κ1) is 7.97. The molecule has 5 nitrogen and oxygen atoms in total. The molecule has 58 valence electrons. The van der Waals surface area contributed by atoms with Gasteiger partial charge < -0.3 is 0 Å². The molecule has 1 aromatic rings. The molecule has 6 heteroatoms. The topological polar surface area (TPSA) is 79.3 Å². The van der Waals surface area contributed by atoms with Crippen molar-refractivity contribution in [3.8, 4) is 0 Å². The molecule has 0 saturated heterocycles. The summed E-state index contributed by atoms with van der Waals surface area (Å²) >= 11 is -0.354. The number of carbonyl (C=O) groups excluding carboxylic acids is 1. The summed E-state index contributed by atoms with van der Waals surface area (Å²) < 4.78 is 0.687. The van der Waals surface area contributed by atoms with Crippen LogP contribution in [0.4, 0.5) is 4.69 Å². The van der Waals surface area contributed by atoms with Crippen LogP contribution in [0.5, 0.6) is 0 Å². The van der Waals surface area contributed by atoms with Crippen molar-refractivity contribution < 1.29 is 14.7 Å². The van der Waals surface area contributed by atoms with Crippen LogP contribution < -0.4 is 5.32 Å². The molecule has 1 heterocycles. The molecule has 0 spiro atoms. The van der Waals surface area contributed by atoms with Crippen molar-refractivity contribution in [2.45, 2.75) is 0 Å². The fourth-order valence-corrected chi connectivity index (χ4v) is 1.78. The number of anilines is 1. The number of aromatic nitrogens is 1. The summed E-state index contributed by atoms with van der Waals surface area (Å²) in [6.45, 7) is 0. The molecule has 0 bridgehead atoms. The summed E-state index contributed by atoms with van der Waals surface area (Å²) in [6, 6.07) is 0. The Kier molecular flexibility index (Phi) is 2.40. The van der Waals surface area contributed by atoms with Crippen LogP contribution in [0.25, 0.3) is 0 Å². The molecule has 0 atom stereocenters. The van der Waals surface area contributed by atoms with Gasteiger partial charge in [-0.3, -0.25) is 0 Å². The normalized spacial score (nSPS) is 9.09. The summed E-state index contributed by atoms with van der Waals surface area (Å²) in [5, 5.41) is 10.8. The number of hydrogen-bond donors (Lipinski definition) is 2. The molecular formula is C5H4N2O3Se. The Balaban J connectivity index is 2.81. The molecule has 0 radical (unpaired) electrons. The van der Waals surface area contributed by atoms with Crippen molar-refractivity contribution in [1.82, 2.24) is 4.98 Å². The van der Waals surface area contributed by atoms with E-state index in [1.807, 2.05) is 0 Å². The zero-order valence-electron chi connectivity index (χ0n) is 5.27. The molecule has 1 aromatic heterocycles. The summed E-state index contributed by atoms with van der Waals surface area (Å²) in [7, 11) is 0. The quantitative estimate of drug-likeness (QED) is 0.525. The van der Waals surface area contributed by atoms with Crippen molar-refractivity contribution >= 4 is 31.6 Å². The second-order valence-corrected chi connectivity index (χ2v) is 3.76. The molecule has 0 aliphatic carbocycles. The predicted octanol–water partition coefficient (Wildman–Crippen LogP) is -0.595. The fourth-order valence-electron chi connectivity index (χ4n) is 0.490. The second-order valence-electron chi connectivity index (χ2n) is 1.60. The Bertz CT molecular complexity index is 283. The molecule has 1 amide bonds. The van der Waals surface area contributed by atoms with Gasteiger partial charge in [0.25, 0.3) is 0 Å². The summed E-state index contributed by atoms with van der Waals surface area (Å²) in [5.74, 6) is -0.976. The number of carboxylic acids is 1. The van der Waals surface area contributed by atoms with Gasteiger partial charge in [-0.15, -0.1) is 0 Å². The van der Waals surface area contributed by atoms with Gasteiger partial charge in [-0.05, 0) is 0 Å². The van der Waals surface area contributed by atoms with E-state index in [1.165, 1.54) is 6.20 Å². The first-order valence-electron chi connectivity index (χ1n) is 2.63. The summed E-state index contributed by atoms with van der Waals surface area (Å²) in [6.07, 6.45) is 1.74. The van der Waals surface area contributed by atoms with Crippen LogP contribution >= 0.6 is 0 Å². The van der Waals surface area contributed by atoms with Crippen LogP contribution in [0, 0.1) is 0 Å². The zero-order chi connectivity index (χ0) is 8.27. The molecule has 2 N–H and O–H groups in total. The molecule has 0 unspecified atom stereocenters. The number of amides is 1. The fraction of sp³-hybridized carbons (Fsp3) is 0. The van der Waals surface area contributed by atoms with Gasteiger partial charge in [-0.25, -0.2) is 0 Å². The average Bonchev–Trinajstić information content (AvgIpc) is 2.37. The monoisotopic (exact) mass is 220 g/mol. The SMILES string of the molecule is O=CNc1ncc(C(=O)O)[se]1. The van der Waals surface area contributed by atoms with E-state index >= 15 is 0 Å². The molecule has 0 aromatic carbocycles. The van der Waals surface area contributed by atoms with Crippen LogP contribution in [-0.2, 0) is 4.79 Å². The van der Waals surface area contributed by atoms with Crippen molar-refractivity contribution in [2.75, 3.05) is 5.32 Å². The third-order valence-corrected chi connectivity index (χ3v) is 2.82. The predicted molar refractivity (Wildman–Crippen MR) is 37.8 cm³/mol. The maximum atomic E-state index is 10.3. The van der Waals surface area contributed by atoms with Crippen molar-refractivity contribution in [3.63, 3.8) is 0 Å². The Morgan fingerprint density at radius 2 is 2.55 bits per heavy atom. The molecular weight excluding hydrogens is 215 g/mol. The first-order valence-corrected chi connectivity index (χ1v) is 4.34. The number of rotatable bonds is 3. The number of hydrogen-bond acceptors (Lipinski definition) is 3. The van der Waals surface area contributed by atoms with E-state index in [2.05, 4.69) is 10.3 Å².